The van der Waals surface area contributed by atoms with Crippen LogP contribution in [0.25, 0.3) is 0 Å². The minimum atomic E-state index is 0. The van der Waals surface area contributed by atoms with Gasteiger partial charge < -0.3 is 5.32 Å². The topological polar surface area (TPSA) is 29.1 Å². The monoisotopic (exact) mass is 285 g/mol. The third kappa shape index (κ3) is 4.45. The summed E-state index contributed by atoms with van der Waals surface area (Å²) in [7, 11) is 0. The second kappa shape index (κ2) is 6.88. The molecule has 2 nitrogen and oxygen atoms in total. The molecule has 1 N–H and O–H groups in total. The quantitative estimate of drug-likeness (QED) is 0.497. The Bertz CT molecular complexity index is 240. The Balaban J connectivity index is 0.00000121. The van der Waals surface area contributed by atoms with Crippen LogP contribution in [0.2, 0.25) is 0 Å². The van der Waals surface area contributed by atoms with Gasteiger partial charge in [-0.1, -0.05) is 40.8 Å². The van der Waals surface area contributed by atoms with E-state index in [-0.39, 0.29) is 35.5 Å². The van der Waals surface area contributed by atoms with Gasteiger partial charge in [-0.2, -0.15) is 0 Å². The van der Waals surface area contributed by atoms with Gasteiger partial charge in [-0.3, -0.25) is 4.79 Å². The number of carbonyl (C=O) groups excluding carboxylic acids is 1. The van der Waals surface area contributed by atoms with Crippen LogP contribution < -0.4 is 5.32 Å². The molecule has 1 aromatic rings. The van der Waals surface area contributed by atoms with Gasteiger partial charge in [0, 0.05) is 5.69 Å². The van der Waals surface area contributed by atoms with Crippen LogP contribution in [0.3, 0.4) is 0 Å². The molecule has 0 saturated heterocycles. The summed E-state index contributed by atoms with van der Waals surface area (Å²) in [6.07, 6.45) is 0. The van der Waals surface area contributed by atoms with Gasteiger partial charge in [0.1, 0.15) is 0 Å². The van der Waals surface area contributed by atoms with E-state index in [4.69, 9.17) is 0 Å². The number of amides is 1. The Morgan fingerprint density at radius 2 is 1.92 bits per heavy atom. The Kier molecular flexibility index (Phi) is 7.13. The van der Waals surface area contributed by atoms with Crippen molar-refractivity contribution in [3.05, 3.63) is 30.3 Å². The standard InChI is InChI=1S/C8H8INO.Na.H/c9-6-8(11)10-7-4-2-1-3-5-7;;/h1-5H,6H2,(H,10,11);;. The zero-order valence-electron chi connectivity index (χ0n) is 5.88. The summed E-state index contributed by atoms with van der Waals surface area (Å²) in [4.78, 5) is 10.9. The van der Waals surface area contributed by atoms with Crippen molar-refractivity contribution in [3.8, 4) is 0 Å². The van der Waals surface area contributed by atoms with Crippen LogP contribution in [0.4, 0.5) is 5.69 Å². The molecule has 0 aliphatic rings. The molecule has 0 radical (unpaired) electrons. The normalized spacial score (nSPS) is 8.42. The number of anilines is 1. The molecule has 0 unspecified atom stereocenters. The molecular formula is C8H9INNaO. The maximum atomic E-state index is 10.9. The fourth-order valence-corrected chi connectivity index (χ4v) is 0.907. The Morgan fingerprint density at radius 3 is 2.42 bits per heavy atom. The molecule has 0 aromatic heterocycles. The summed E-state index contributed by atoms with van der Waals surface area (Å²) in [5, 5.41) is 2.75. The molecular weight excluding hydrogens is 276 g/mol. The Hall–Kier alpha value is 0.420. The van der Waals surface area contributed by atoms with Crippen molar-refractivity contribution < 1.29 is 4.79 Å². The van der Waals surface area contributed by atoms with Crippen molar-refractivity contribution in [1.29, 1.82) is 0 Å². The van der Waals surface area contributed by atoms with Crippen molar-refractivity contribution >= 4 is 63.7 Å². The zero-order chi connectivity index (χ0) is 8.10. The van der Waals surface area contributed by atoms with Crippen molar-refractivity contribution in [3.63, 3.8) is 0 Å². The first kappa shape index (κ1) is 12.4. The molecule has 12 heavy (non-hydrogen) atoms. The summed E-state index contributed by atoms with van der Waals surface area (Å²) in [5.41, 5.74) is 0.856. The minimum absolute atomic E-state index is 0. The molecule has 60 valence electrons. The van der Waals surface area contributed by atoms with Crippen molar-refractivity contribution in [2.75, 3.05) is 9.74 Å². The van der Waals surface area contributed by atoms with Gasteiger partial charge in [-0.15, -0.1) is 0 Å². The third-order valence-electron chi connectivity index (χ3n) is 1.18. The van der Waals surface area contributed by atoms with E-state index in [1.54, 1.807) is 0 Å². The molecule has 0 atom stereocenters. The summed E-state index contributed by atoms with van der Waals surface area (Å²) in [6, 6.07) is 9.43. The van der Waals surface area contributed by atoms with Crippen LogP contribution in [0.15, 0.2) is 30.3 Å². The van der Waals surface area contributed by atoms with Gasteiger partial charge in [0.05, 0.1) is 4.43 Å². The second-order valence-electron chi connectivity index (χ2n) is 2.05. The van der Waals surface area contributed by atoms with Crippen molar-refractivity contribution in [2.45, 2.75) is 0 Å². The number of alkyl halides is 1. The van der Waals surface area contributed by atoms with Gasteiger partial charge in [0.2, 0.25) is 5.91 Å². The molecule has 0 bridgehead atoms. The molecule has 0 fully saturated rings. The molecule has 4 heteroatoms. The van der Waals surface area contributed by atoms with E-state index >= 15 is 0 Å². The number of carbonyl (C=O) groups is 1. The van der Waals surface area contributed by atoms with Crippen LogP contribution in [0.1, 0.15) is 0 Å². The first-order chi connectivity index (χ1) is 5.33. The molecule has 0 spiro atoms. The van der Waals surface area contributed by atoms with Crippen LogP contribution in [0.5, 0.6) is 0 Å². The first-order valence-electron chi connectivity index (χ1n) is 3.24. The zero-order valence-corrected chi connectivity index (χ0v) is 8.04. The van der Waals surface area contributed by atoms with Gasteiger partial charge in [0.25, 0.3) is 0 Å². The van der Waals surface area contributed by atoms with E-state index in [0.29, 0.717) is 4.43 Å². The van der Waals surface area contributed by atoms with Gasteiger partial charge >= 0.3 is 29.6 Å². The predicted molar refractivity (Wildman–Crippen MR) is 61.1 cm³/mol. The fraction of sp³-hybridized carbons (Fsp3) is 0.125. The van der Waals surface area contributed by atoms with E-state index in [0.717, 1.165) is 5.69 Å². The second-order valence-corrected chi connectivity index (χ2v) is 2.81. The first-order valence-corrected chi connectivity index (χ1v) is 4.76. The van der Waals surface area contributed by atoms with E-state index < -0.39 is 0 Å². The van der Waals surface area contributed by atoms with E-state index in [1.807, 2.05) is 52.9 Å². The average Bonchev–Trinajstić information content (AvgIpc) is 2.06. The number of halogens is 1. The number of nitrogens with one attached hydrogen (secondary N) is 1. The number of para-hydroxylation sites is 1. The molecule has 0 saturated carbocycles. The summed E-state index contributed by atoms with van der Waals surface area (Å²) < 4.78 is 0.493. The fourth-order valence-electron chi connectivity index (χ4n) is 0.716. The number of hydrogen-bond acceptors (Lipinski definition) is 1. The number of hydrogen-bond donors (Lipinski definition) is 1. The van der Waals surface area contributed by atoms with E-state index in [1.165, 1.54) is 0 Å². The van der Waals surface area contributed by atoms with Crippen LogP contribution in [0, 0.1) is 0 Å². The molecule has 0 aliphatic carbocycles. The van der Waals surface area contributed by atoms with Crippen LogP contribution in [-0.4, -0.2) is 39.9 Å². The Morgan fingerprint density at radius 1 is 1.33 bits per heavy atom. The summed E-state index contributed by atoms with van der Waals surface area (Å²) in [6.45, 7) is 0. The molecule has 1 rings (SSSR count). The molecule has 0 aliphatic heterocycles. The molecule has 1 aromatic carbocycles. The number of rotatable bonds is 2. The predicted octanol–water partition coefficient (Wildman–Crippen LogP) is 1.41. The van der Waals surface area contributed by atoms with Crippen molar-refractivity contribution in [1.82, 2.24) is 0 Å². The summed E-state index contributed by atoms with van der Waals surface area (Å²) in [5.74, 6) is 0.0387. The third-order valence-corrected chi connectivity index (χ3v) is 1.87. The average molecular weight is 285 g/mol. The van der Waals surface area contributed by atoms with E-state index in [9.17, 15) is 4.79 Å². The molecule has 1 amide bonds. The van der Waals surface area contributed by atoms with Crippen LogP contribution in [-0.2, 0) is 4.79 Å². The van der Waals surface area contributed by atoms with Gasteiger partial charge in [0.15, 0.2) is 0 Å². The van der Waals surface area contributed by atoms with Crippen molar-refractivity contribution in [2.24, 2.45) is 0 Å². The molecule has 0 heterocycles. The van der Waals surface area contributed by atoms with Crippen LogP contribution >= 0.6 is 22.6 Å². The Labute approximate surface area is 108 Å². The van der Waals surface area contributed by atoms with E-state index in [2.05, 4.69) is 5.32 Å². The SMILES string of the molecule is O=C(CI)Nc1ccccc1.[NaH]. The van der Waals surface area contributed by atoms with Gasteiger partial charge in [-0.05, 0) is 12.1 Å². The maximum absolute atomic E-state index is 10.9. The van der Waals surface area contributed by atoms with Gasteiger partial charge in [-0.25, -0.2) is 0 Å². The summed E-state index contributed by atoms with van der Waals surface area (Å²) >= 11 is 2.03. The number of benzene rings is 1.